The Morgan fingerprint density at radius 3 is 2.79 bits per heavy atom. The lowest BCUT2D eigenvalue weighted by molar-refractivity contribution is 0.102. The van der Waals surface area contributed by atoms with Crippen LogP contribution in [0.25, 0.3) is 0 Å². The summed E-state index contributed by atoms with van der Waals surface area (Å²) in [6.07, 6.45) is 2.50. The molecule has 0 aliphatic carbocycles. The molecular weight excluding hydrogens is 315 g/mol. The Kier molecular flexibility index (Phi) is 3.75. The number of nitrogens with zero attached hydrogens (tertiary/aromatic N) is 2. The minimum atomic E-state index is -0.625. The molecule has 3 N–H and O–H groups in total. The van der Waals surface area contributed by atoms with Crippen LogP contribution in [0.4, 0.5) is 16.0 Å². The molecule has 0 spiro atoms. The minimum absolute atomic E-state index is 0.0240. The first-order chi connectivity index (χ1) is 8.97. The Hall–Kier alpha value is -2.02. The summed E-state index contributed by atoms with van der Waals surface area (Å²) >= 11 is 3.27. The van der Waals surface area contributed by atoms with E-state index in [0.717, 1.165) is 22.3 Å². The third kappa shape index (κ3) is 3.05. The highest BCUT2D eigenvalue weighted by Gasteiger charge is 2.14. The van der Waals surface area contributed by atoms with Crippen molar-refractivity contribution in [1.29, 1.82) is 0 Å². The van der Waals surface area contributed by atoms with Crippen LogP contribution in [0.2, 0.25) is 0 Å². The average molecular weight is 325 g/mol. The van der Waals surface area contributed by atoms with Crippen LogP contribution >= 0.6 is 15.9 Å². The molecule has 19 heavy (non-hydrogen) atoms. The quantitative estimate of drug-likeness (QED) is 0.889. The van der Waals surface area contributed by atoms with Crippen molar-refractivity contribution in [3.63, 3.8) is 0 Å². The maximum Gasteiger partial charge on any atom is 0.260 e. The second kappa shape index (κ2) is 5.31. The highest BCUT2D eigenvalue weighted by molar-refractivity contribution is 9.10. The standard InChI is InChI=1S/C12H10BrFN4O/c1-6-2-7(13)4-17-11(6)18-12(19)9-3-8(14)5-16-10(9)15/h2-5H,1H3,(H2,15,16)(H,17,18,19). The zero-order valence-electron chi connectivity index (χ0n) is 9.95. The van der Waals surface area contributed by atoms with E-state index in [9.17, 15) is 9.18 Å². The lowest BCUT2D eigenvalue weighted by Crippen LogP contribution is -2.16. The highest BCUT2D eigenvalue weighted by Crippen LogP contribution is 2.18. The van der Waals surface area contributed by atoms with Crippen molar-refractivity contribution in [3.8, 4) is 0 Å². The Labute approximate surface area is 117 Å². The summed E-state index contributed by atoms with van der Waals surface area (Å²) in [5.41, 5.74) is 6.28. The number of anilines is 2. The topological polar surface area (TPSA) is 80.9 Å². The van der Waals surface area contributed by atoms with Gasteiger partial charge in [0.05, 0.1) is 11.8 Å². The highest BCUT2D eigenvalue weighted by atomic mass is 79.9. The second-order valence-corrected chi connectivity index (χ2v) is 4.78. The number of pyridine rings is 2. The molecule has 2 aromatic rings. The molecule has 2 heterocycles. The number of rotatable bonds is 2. The van der Waals surface area contributed by atoms with Gasteiger partial charge in [-0.2, -0.15) is 0 Å². The second-order valence-electron chi connectivity index (χ2n) is 3.86. The predicted octanol–water partition coefficient (Wildman–Crippen LogP) is 2.52. The fraction of sp³-hybridized carbons (Fsp3) is 0.0833. The van der Waals surface area contributed by atoms with Crippen LogP contribution in [0.1, 0.15) is 15.9 Å². The van der Waals surface area contributed by atoms with E-state index < -0.39 is 11.7 Å². The van der Waals surface area contributed by atoms with Gasteiger partial charge in [-0.3, -0.25) is 4.79 Å². The molecule has 0 bridgehead atoms. The van der Waals surface area contributed by atoms with Gasteiger partial charge < -0.3 is 11.1 Å². The van der Waals surface area contributed by atoms with Crippen LogP contribution in [-0.4, -0.2) is 15.9 Å². The number of carbonyl (C=O) groups is 1. The number of halogens is 2. The Morgan fingerprint density at radius 2 is 2.11 bits per heavy atom. The third-order valence-corrected chi connectivity index (χ3v) is 2.84. The minimum Gasteiger partial charge on any atom is -0.383 e. The first-order valence-electron chi connectivity index (χ1n) is 5.32. The Morgan fingerprint density at radius 1 is 1.37 bits per heavy atom. The molecule has 0 atom stereocenters. The largest absolute Gasteiger partial charge is 0.383 e. The van der Waals surface area contributed by atoms with E-state index in [-0.39, 0.29) is 11.4 Å². The number of aromatic nitrogens is 2. The van der Waals surface area contributed by atoms with Gasteiger partial charge in [-0.1, -0.05) is 0 Å². The number of nitrogen functional groups attached to an aromatic ring is 1. The SMILES string of the molecule is Cc1cc(Br)cnc1NC(=O)c1cc(F)cnc1N. The van der Waals surface area contributed by atoms with E-state index in [1.165, 1.54) is 0 Å². The van der Waals surface area contributed by atoms with Gasteiger partial charge in [-0.15, -0.1) is 0 Å². The smallest absolute Gasteiger partial charge is 0.260 e. The number of aryl methyl sites for hydroxylation is 1. The number of amides is 1. The molecule has 0 aromatic carbocycles. The summed E-state index contributed by atoms with van der Waals surface area (Å²) < 4.78 is 13.9. The molecule has 0 radical (unpaired) electrons. The van der Waals surface area contributed by atoms with Gasteiger partial charge >= 0.3 is 0 Å². The third-order valence-electron chi connectivity index (χ3n) is 2.41. The summed E-state index contributed by atoms with van der Waals surface area (Å²) in [6, 6.07) is 2.83. The first-order valence-corrected chi connectivity index (χ1v) is 6.11. The molecule has 7 heteroatoms. The van der Waals surface area contributed by atoms with Gasteiger partial charge in [0.25, 0.3) is 5.91 Å². The monoisotopic (exact) mass is 324 g/mol. The van der Waals surface area contributed by atoms with Crippen LogP contribution < -0.4 is 11.1 Å². The van der Waals surface area contributed by atoms with Crippen LogP contribution in [0.3, 0.4) is 0 Å². The molecule has 0 aliphatic rings. The van der Waals surface area contributed by atoms with Gasteiger partial charge in [-0.05, 0) is 40.5 Å². The molecular formula is C12H10BrFN4O. The molecule has 0 aliphatic heterocycles. The predicted molar refractivity (Wildman–Crippen MR) is 73.2 cm³/mol. The summed E-state index contributed by atoms with van der Waals surface area (Å²) in [6.45, 7) is 1.79. The fourth-order valence-corrected chi connectivity index (χ4v) is 1.92. The van der Waals surface area contributed by atoms with E-state index in [1.807, 2.05) is 0 Å². The van der Waals surface area contributed by atoms with E-state index >= 15 is 0 Å². The van der Waals surface area contributed by atoms with Gasteiger partial charge in [0.15, 0.2) is 0 Å². The summed E-state index contributed by atoms with van der Waals surface area (Å²) in [7, 11) is 0. The van der Waals surface area contributed by atoms with E-state index in [4.69, 9.17) is 5.73 Å². The molecule has 0 fully saturated rings. The first kappa shape index (κ1) is 13.4. The lowest BCUT2D eigenvalue weighted by atomic mass is 10.2. The Balaban J connectivity index is 2.28. The number of nitrogens with one attached hydrogen (secondary N) is 1. The van der Waals surface area contributed by atoms with Gasteiger partial charge in [0.2, 0.25) is 0 Å². The number of hydrogen-bond acceptors (Lipinski definition) is 4. The molecule has 1 amide bonds. The normalized spacial score (nSPS) is 10.3. The fourth-order valence-electron chi connectivity index (χ4n) is 1.48. The van der Waals surface area contributed by atoms with Crippen LogP contribution in [0, 0.1) is 12.7 Å². The molecule has 2 aromatic heterocycles. The van der Waals surface area contributed by atoms with Gasteiger partial charge in [-0.25, -0.2) is 14.4 Å². The number of carbonyl (C=O) groups excluding carboxylic acids is 1. The van der Waals surface area contributed by atoms with Crippen LogP contribution in [0.5, 0.6) is 0 Å². The van der Waals surface area contributed by atoms with E-state index in [2.05, 4.69) is 31.2 Å². The molecule has 0 saturated heterocycles. The zero-order valence-corrected chi connectivity index (χ0v) is 11.5. The number of hydrogen-bond donors (Lipinski definition) is 2. The van der Waals surface area contributed by atoms with E-state index in [0.29, 0.717) is 5.82 Å². The van der Waals surface area contributed by atoms with Gasteiger partial charge in [0, 0.05) is 10.7 Å². The maximum atomic E-state index is 13.1. The summed E-state index contributed by atoms with van der Waals surface area (Å²) in [5.74, 6) is -0.826. The summed E-state index contributed by atoms with van der Waals surface area (Å²) in [4.78, 5) is 19.6. The van der Waals surface area contributed by atoms with Crippen molar-refractivity contribution >= 4 is 33.5 Å². The van der Waals surface area contributed by atoms with Crippen molar-refractivity contribution in [3.05, 3.63) is 45.9 Å². The van der Waals surface area contributed by atoms with Crippen LogP contribution in [-0.2, 0) is 0 Å². The Bertz CT molecular complexity index is 648. The molecule has 2 rings (SSSR count). The van der Waals surface area contributed by atoms with Crippen molar-refractivity contribution in [2.45, 2.75) is 6.92 Å². The molecule has 0 unspecified atom stereocenters. The van der Waals surface area contributed by atoms with Crippen LogP contribution in [0.15, 0.2) is 29.0 Å². The van der Waals surface area contributed by atoms with Crippen molar-refractivity contribution in [1.82, 2.24) is 9.97 Å². The van der Waals surface area contributed by atoms with Crippen molar-refractivity contribution in [2.75, 3.05) is 11.1 Å². The van der Waals surface area contributed by atoms with E-state index in [1.54, 1.807) is 19.2 Å². The molecule has 98 valence electrons. The zero-order chi connectivity index (χ0) is 14.0. The van der Waals surface area contributed by atoms with Crippen molar-refractivity contribution < 1.29 is 9.18 Å². The molecule has 0 saturated carbocycles. The molecule has 5 nitrogen and oxygen atoms in total. The van der Waals surface area contributed by atoms with Crippen molar-refractivity contribution in [2.24, 2.45) is 0 Å². The lowest BCUT2D eigenvalue weighted by Gasteiger charge is -2.08. The number of nitrogens with two attached hydrogens (primary N) is 1. The maximum absolute atomic E-state index is 13.1. The van der Waals surface area contributed by atoms with Gasteiger partial charge in [0.1, 0.15) is 17.5 Å². The average Bonchev–Trinajstić information content (AvgIpc) is 2.35. The summed E-state index contributed by atoms with van der Waals surface area (Å²) in [5, 5.41) is 2.56.